The van der Waals surface area contributed by atoms with Crippen LogP contribution in [-0.2, 0) is 14.6 Å². The summed E-state index contributed by atoms with van der Waals surface area (Å²) in [6.45, 7) is -0.0640. The van der Waals surface area contributed by atoms with Crippen molar-refractivity contribution in [1.82, 2.24) is 5.32 Å². The van der Waals surface area contributed by atoms with Crippen molar-refractivity contribution >= 4 is 38.7 Å². The molecule has 0 aliphatic heterocycles. The van der Waals surface area contributed by atoms with E-state index in [-0.39, 0.29) is 29.0 Å². The summed E-state index contributed by atoms with van der Waals surface area (Å²) >= 11 is 6.70. The molecule has 1 aromatic carbocycles. The van der Waals surface area contributed by atoms with Gasteiger partial charge in [-0.05, 0) is 29.1 Å². The van der Waals surface area contributed by atoms with E-state index < -0.39 is 15.1 Å². The molecule has 0 fully saturated rings. The average molecular weight is 418 g/mol. The van der Waals surface area contributed by atoms with Crippen LogP contribution in [0, 0.1) is 0 Å². The van der Waals surface area contributed by atoms with E-state index in [2.05, 4.69) is 5.32 Å². The predicted molar refractivity (Wildman–Crippen MR) is 102 cm³/mol. The molecule has 0 unspecified atom stereocenters. The molecule has 142 valence electrons. The summed E-state index contributed by atoms with van der Waals surface area (Å²) in [4.78, 5) is 11.8. The number of thiophene rings is 1. The Labute approximate surface area is 162 Å². The standard InChI is InChI=1S/C17H20ClNO5S2/c1-23-13-6-5-12(10-14(13)24-2)15(11-19-16(20)7-8-18)26(21,22)17-4-3-9-25-17/h3-6,9-10,15H,7-8,11H2,1-2H3,(H,19,20)/t15-/m1/s1. The van der Waals surface area contributed by atoms with Gasteiger partial charge in [-0.1, -0.05) is 12.1 Å². The Morgan fingerprint density at radius 2 is 1.96 bits per heavy atom. The molecule has 2 aromatic rings. The van der Waals surface area contributed by atoms with Crippen LogP contribution in [-0.4, -0.2) is 41.0 Å². The molecule has 0 aliphatic rings. The molecule has 0 radical (unpaired) electrons. The second kappa shape index (κ2) is 9.25. The molecule has 1 atom stereocenters. The molecule has 2 rings (SSSR count). The van der Waals surface area contributed by atoms with E-state index in [0.29, 0.717) is 17.1 Å². The lowest BCUT2D eigenvalue weighted by Gasteiger charge is -2.19. The first kappa shape index (κ1) is 20.5. The molecule has 6 nitrogen and oxygen atoms in total. The Kier molecular flexibility index (Phi) is 7.31. The van der Waals surface area contributed by atoms with Gasteiger partial charge in [0.25, 0.3) is 0 Å². The zero-order chi connectivity index (χ0) is 19.2. The summed E-state index contributed by atoms with van der Waals surface area (Å²) in [5, 5.41) is 3.39. The summed E-state index contributed by atoms with van der Waals surface area (Å²) in [6, 6.07) is 8.14. The number of rotatable bonds is 9. The molecule has 1 aromatic heterocycles. The summed E-state index contributed by atoms with van der Waals surface area (Å²) < 4.78 is 36.9. The number of sulfone groups is 1. The second-order valence-corrected chi connectivity index (χ2v) is 9.01. The minimum atomic E-state index is -3.69. The number of carbonyl (C=O) groups excluding carboxylic acids is 1. The number of alkyl halides is 1. The van der Waals surface area contributed by atoms with Gasteiger partial charge in [0.15, 0.2) is 21.3 Å². The van der Waals surface area contributed by atoms with Crippen molar-refractivity contribution in [1.29, 1.82) is 0 Å². The van der Waals surface area contributed by atoms with Crippen molar-refractivity contribution in [3.63, 3.8) is 0 Å². The third kappa shape index (κ3) is 4.69. The van der Waals surface area contributed by atoms with E-state index in [1.807, 2.05) is 0 Å². The molecule has 0 aliphatic carbocycles. The SMILES string of the molecule is COc1ccc([C@@H](CNC(=O)CCCl)S(=O)(=O)c2cccs2)cc1OC. The largest absolute Gasteiger partial charge is 0.493 e. The Morgan fingerprint density at radius 1 is 1.23 bits per heavy atom. The van der Waals surface area contributed by atoms with Gasteiger partial charge >= 0.3 is 0 Å². The maximum Gasteiger partial charge on any atom is 0.221 e. The van der Waals surface area contributed by atoms with Crippen molar-refractivity contribution in [2.24, 2.45) is 0 Å². The van der Waals surface area contributed by atoms with E-state index >= 15 is 0 Å². The van der Waals surface area contributed by atoms with Crippen LogP contribution < -0.4 is 14.8 Å². The van der Waals surface area contributed by atoms with Gasteiger partial charge in [-0.3, -0.25) is 4.79 Å². The maximum atomic E-state index is 13.1. The van der Waals surface area contributed by atoms with Crippen molar-refractivity contribution in [3.05, 3.63) is 41.3 Å². The number of hydrogen-bond acceptors (Lipinski definition) is 6. The molecule has 0 saturated heterocycles. The molecule has 0 bridgehead atoms. The summed E-state index contributed by atoms with van der Waals surface area (Å²) in [5.74, 6) is 0.787. The highest BCUT2D eigenvalue weighted by atomic mass is 35.5. The van der Waals surface area contributed by atoms with E-state index in [1.165, 1.54) is 14.2 Å². The lowest BCUT2D eigenvalue weighted by Crippen LogP contribution is -2.31. The van der Waals surface area contributed by atoms with Gasteiger partial charge in [-0.2, -0.15) is 0 Å². The van der Waals surface area contributed by atoms with Crippen LogP contribution >= 0.6 is 22.9 Å². The smallest absolute Gasteiger partial charge is 0.221 e. The molecule has 1 amide bonds. The maximum absolute atomic E-state index is 13.1. The molecular formula is C17H20ClNO5S2. The van der Waals surface area contributed by atoms with Crippen LogP contribution in [0.25, 0.3) is 0 Å². The van der Waals surface area contributed by atoms with Crippen molar-refractivity contribution < 1.29 is 22.7 Å². The van der Waals surface area contributed by atoms with Crippen molar-refractivity contribution in [3.8, 4) is 11.5 Å². The van der Waals surface area contributed by atoms with Crippen LogP contribution in [0.15, 0.2) is 39.9 Å². The van der Waals surface area contributed by atoms with Crippen LogP contribution in [0.1, 0.15) is 17.2 Å². The minimum Gasteiger partial charge on any atom is -0.493 e. The molecule has 26 heavy (non-hydrogen) atoms. The number of benzene rings is 1. The summed E-state index contributed by atoms with van der Waals surface area (Å²) in [5.41, 5.74) is 0.502. The summed E-state index contributed by atoms with van der Waals surface area (Å²) in [6.07, 6.45) is 0.124. The van der Waals surface area contributed by atoms with Gasteiger partial charge < -0.3 is 14.8 Å². The van der Waals surface area contributed by atoms with Crippen LogP contribution in [0.5, 0.6) is 11.5 Å². The normalized spacial score (nSPS) is 12.4. The van der Waals surface area contributed by atoms with E-state index in [9.17, 15) is 13.2 Å². The van der Waals surface area contributed by atoms with Gasteiger partial charge in [-0.15, -0.1) is 22.9 Å². The highest BCUT2D eigenvalue weighted by Crippen LogP contribution is 2.36. The fourth-order valence-electron chi connectivity index (χ4n) is 2.41. The number of carbonyl (C=O) groups is 1. The van der Waals surface area contributed by atoms with Gasteiger partial charge in [-0.25, -0.2) is 8.42 Å². The number of nitrogens with one attached hydrogen (secondary N) is 1. The molecule has 0 saturated carbocycles. The van der Waals surface area contributed by atoms with E-state index in [0.717, 1.165) is 11.3 Å². The van der Waals surface area contributed by atoms with Gasteiger partial charge in [0.2, 0.25) is 5.91 Å². The molecule has 1 heterocycles. The van der Waals surface area contributed by atoms with Gasteiger partial charge in [0.05, 0.1) is 14.2 Å². The second-order valence-electron chi connectivity index (χ2n) is 5.32. The Balaban J connectivity index is 2.42. The summed E-state index contributed by atoms with van der Waals surface area (Å²) in [7, 11) is -0.709. The highest BCUT2D eigenvalue weighted by Gasteiger charge is 2.31. The van der Waals surface area contributed by atoms with Gasteiger partial charge in [0.1, 0.15) is 9.46 Å². The molecule has 9 heteroatoms. The Bertz CT molecular complexity index is 837. The third-order valence-corrected chi connectivity index (χ3v) is 7.46. The van der Waals surface area contributed by atoms with Crippen LogP contribution in [0.3, 0.4) is 0 Å². The highest BCUT2D eigenvalue weighted by molar-refractivity contribution is 7.93. The Morgan fingerprint density at radius 3 is 2.54 bits per heavy atom. The lowest BCUT2D eigenvalue weighted by atomic mass is 10.1. The first-order valence-corrected chi connectivity index (χ1v) is 10.7. The number of halogens is 1. The first-order chi connectivity index (χ1) is 12.4. The zero-order valence-electron chi connectivity index (χ0n) is 14.4. The number of hydrogen-bond donors (Lipinski definition) is 1. The number of methoxy groups -OCH3 is 2. The van der Waals surface area contributed by atoms with Crippen molar-refractivity contribution in [2.45, 2.75) is 15.9 Å². The molecule has 0 spiro atoms. The van der Waals surface area contributed by atoms with Crippen LogP contribution in [0.2, 0.25) is 0 Å². The average Bonchev–Trinajstić information content (AvgIpc) is 3.17. The molecular weight excluding hydrogens is 398 g/mol. The zero-order valence-corrected chi connectivity index (χ0v) is 16.8. The Hall–Kier alpha value is -1.77. The monoisotopic (exact) mass is 417 g/mol. The first-order valence-electron chi connectivity index (χ1n) is 7.76. The van der Waals surface area contributed by atoms with E-state index in [1.54, 1.807) is 35.7 Å². The predicted octanol–water partition coefficient (Wildman–Crippen LogP) is 3.03. The topological polar surface area (TPSA) is 81.7 Å². The van der Waals surface area contributed by atoms with Gasteiger partial charge in [0, 0.05) is 18.8 Å². The van der Waals surface area contributed by atoms with Crippen LogP contribution in [0.4, 0.5) is 0 Å². The van der Waals surface area contributed by atoms with Crippen molar-refractivity contribution in [2.75, 3.05) is 26.6 Å². The lowest BCUT2D eigenvalue weighted by molar-refractivity contribution is -0.120. The van der Waals surface area contributed by atoms with E-state index in [4.69, 9.17) is 21.1 Å². The fourth-order valence-corrected chi connectivity index (χ4v) is 5.43. The quantitative estimate of drug-likeness (QED) is 0.634. The number of ether oxygens (including phenoxy) is 2. The fraction of sp³-hybridized carbons (Fsp3) is 0.353. The minimum absolute atomic E-state index is 0.0640. The molecule has 1 N–H and O–H groups in total. The third-order valence-electron chi connectivity index (χ3n) is 3.74. The number of amides is 1.